The molecule has 1 aliphatic heterocycles. The number of ether oxygens (including phenoxy) is 1. The molecule has 0 spiro atoms. The van der Waals surface area contributed by atoms with Crippen LogP contribution in [0.1, 0.15) is 33.1 Å². The quantitative estimate of drug-likeness (QED) is 0.621. The van der Waals surface area contributed by atoms with E-state index < -0.39 is 5.60 Å². The highest BCUT2D eigenvalue weighted by atomic mass is 16.5. The molecule has 1 heterocycles. The lowest BCUT2D eigenvalue weighted by atomic mass is 9.74. The molecule has 1 unspecified atom stereocenters. The van der Waals surface area contributed by atoms with Crippen LogP contribution in [0.2, 0.25) is 0 Å². The van der Waals surface area contributed by atoms with Gasteiger partial charge in [0, 0.05) is 5.92 Å². The first-order chi connectivity index (χ1) is 6.01. The van der Waals surface area contributed by atoms with Gasteiger partial charge in [-0.1, -0.05) is 19.9 Å². The number of fused-ring (bicyclic) bond motifs is 1. The first-order valence-electron chi connectivity index (χ1n) is 5.10. The summed E-state index contributed by atoms with van der Waals surface area (Å²) in [6.07, 6.45) is 3.55. The Labute approximate surface area is 79.6 Å². The highest BCUT2D eigenvalue weighted by Crippen LogP contribution is 2.46. The molecule has 0 aromatic heterocycles. The maximum Gasteiger partial charge on any atom is 0.124 e. The van der Waals surface area contributed by atoms with Gasteiger partial charge in [0.2, 0.25) is 0 Å². The van der Waals surface area contributed by atoms with E-state index >= 15 is 0 Å². The summed E-state index contributed by atoms with van der Waals surface area (Å²) in [6.45, 7) is 7.86. The van der Waals surface area contributed by atoms with Crippen molar-refractivity contribution in [2.75, 3.05) is 0 Å². The molecule has 0 aromatic rings. The molecule has 2 fully saturated rings. The summed E-state index contributed by atoms with van der Waals surface area (Å²) in [6, 6.07) is 0. The third-order valence-corrected chi connectivity index (χ3v) is 3.63. The number of rotatable bonds is 0. The Bertz CT molecular complexity index is 232. The van der Waals surface area contributed by atoms with E-state index in [1.165, 1.54) is 6.42 Å². The Morgan fingerprint density at radius 1 is 1.54 bits per heavy atom. The van der Waals surface area contributed by atoms with Crippen molar-refractivity contribution in [3.63, 3.8) is 0 Å². The average Bonchev–Trinajstić information content (AvgIpc) is 2.23. The Hall–Kier alpha value is -0.500. The third-order valence-electron chi connectivity index (χ3n) is 3.63. The van der Waals surface area contributed by atoms with Gasteiger partial charge in [-0.15, -0.1) is 0 Å². The lowest BCUT2D eigenvalue weighted by molar-refractivity contribution is 0.0226. The van der Waals surface area contributed by atoms with Crippen molar-refractivity contribution in [3.8, 4) is 0 Å². The molecule has 1 N–H and O–H groups in total. The van der Waals surface area contributed by atoms with E-state index in [1.807, 2.05) is 6.92 Å². The maximum absolute atomic E-state index is 10.1. The van der Waals surface area contributed by atoms with Gasteiger partial charge in [0.15, 0.2) is 0 Å². The second-order valence-electron chi connectivity index (χ2n) is 4.75. The van der Waals surface area contributed by atoms with Crippen LogP contribution in [0.4, 0.5) is 0 Å². The van der Waals surface area contributed by atoms with Crippen LogP contribution in [0.15, 0.2) is 12.3 Å². The van der Waals surface area contributed by atoms with Gasteiger partial charge in [0.1, 0.15) is 17.5 Å². The van der Waals surface area contributed by atoms with Gasteiger partial charge >= 0.3 is 0 Å². The molecular formula is C11H18O2. The van der Waals surface area contributed by atoms with Gasteiger partial charge in [-0.05, 0) is 25.7 Å². The highest BCUT2D eigenvalue weighted by molar-refractivity contribution is 5.15. The van der Waals surface area contributed by atoms with Crippen molar-refractivity contribution >= 4 is 0 Å². The van der Waals surface area contributed by atoms with E-state index in [4.69, 9.17) is 4.74 Å². The van der Waals surface area contributed by atoms with E-state index in [0.717, 1.165) is 18.8 Å². The summed E-state index contributed by atoms with van der Waals surface area (Å²) in [4.78, 5) is 0. The zero-order valence-electron chi connectivity index (χ0n) is 8.42. The minimum Gasteiger partial charge on any atom is -0.492 e. The van der Waals surface area contributed by atoms with Crippen LogP contribution in [0.25, 0.3) is 0 Å². The highest BCUT2D eigenvalue weighted by Gasteiger charge is 2.50. The van der Waals surface area contributed by atoms with E-state index in [2.05, 4.69) is 13.5 Å². The monoisotopic (exact) mass is 182 g/mol. The van der Waals surface area contributed by atoms with Crippen LogP contribution in [-0.4, -0.2) is 16.8 Å². The van der Waals surface area contributed by atoms with Crippen LogP contribution < -0.4 is 0 Å². The predicted molar refractivity (Wildman–Crippen MR) is 51.1 cm³/mol. The Balaban J connectivity index is 2.18. The number of hydrogen-bond acceptors (Lipinski definition) is 2. The van der Waals surface area contributed by atoms with Crippen molar-refractivity contribution in [2.24, 2.45) is 11.8 Å². The Morgan fingerprint density at radius 3 is 2.92 bits per heavy atom. The summed E-state index contributed by atoms with van der Waals surface area (Å²) >= 11 is 0. The van der Waals surface area contributed by atoms with E-state index in [0.29, 0.717) is 5.76 Å². The molecule has 2 aliphatic rings. The van der Waals surface area contributed by atoms with Crippen LogP contribution in [0, 0.1) is 11.8 Å². The zero-order chi connectivity index (χ0) is 9.64. The fraction of sp³-hybridized carbons (Fsp3) is 0.818. The second kappa shape index (κ2) is 2.74. The molecule has 2 rings (SSSR count). The summed E-state index contributed by atoms with van der Waals surface area (Å²) in [5, 5.41) is 10.1. The zero-order valence-corrected chi connectivity index (χ0v) is 8.42. The first-order valence-corrected chi connectivity index (χ1v) is 5.10. The lowest BCUT2D eigenvalue weighted by Gasteiger charge is -2.32. The molecule has 0 aromatic carbocycles. The van der Waals surface area contributed by atoms with Crippen molar-refractivity contribution in [2.45, 2.75) is 44.8 Å². The SMILES string of the molecule is C=C1O[C@@H]2C[C@H](C)CC[C@H]2C1(C)O. The topological polar surface area (TPSA) is 29.5 Å². The van der Waals surface area contributed by atoms with Gasteiger partial charge in [-0.3, -0.25) is 0 Å². The van der Waals surface area contributed by atoms with Crippen molar-refractivity contribution in [1.82, 2.24) is 0 Å². The molecular weight excluding hydrogens is 164 g/mol. The van der Waals surface area contributed by atoms with Crippen LogP contribution >= 0.6 is 0 Å². The molecule has 1 aliphatic carbocycles. The van der Waals surface area contributed by atoms with Crippen LogP contribution in [0.5, 0.6) is 0 Å². The van der Waals surface area contributed by atoms with Crippen molar-refractivity contribution in [1.29, 1.82) is 0 Å². The Kier molecular flexibility index (Phi) is 1.91. The molecule has 0 amide bonds. The molecule has 2 heteroatoms. The lowest BCUT2D eigenvalue weighted by Crippen LogP contribution is -2.37. The summed E-state index contributed by atoms with van der Waals surface area (Å²) in [5.41, 5.74) is -0.787. The molecule has 74 valence electrons. The van der Waals surface area contributed by atoms with Gasteiger partial charge in [-0.25, -0.2) is 0 Å². The fourth-order valence-electron chi connectivity index (χ4n) is 2.61. The molecule has 1 saturated heterocycles. The molecule has 0 bridgehead atoms. The molecule has 2 nitrogen and oxygen atoms in total. The largest absolute Gasteiger partial charge is 0.492 e. The molecule has 1 saturated carbocycles. The summed E-state index contributed by atoms with van der Waals surface area (Å²) in [7, 11) is 0. The second-order valence-corrected chi connectivity index (χ2v) is 4.75. The molecule has 13 heavy (non-hydrogen) atoms. The first kappa shape index (κ1) is 9.07. The fourth-order valence-corrected chi connectivity index (χ4v) is 2.61. The summed E-state index contributed by atoms with van der Waals surface area (Å²) < 4.78 is 5.61. The van der Waals surface area contributed by atoms with E-state index in [1.54, 1.807) is 0 Å². The Morgan fingerprint density at radius 2 is 2.23 bits per heavy atom. The molecule has 4 atom stereocenters. The van der Waals surface area contributed by atoms with Crippen LogP contribution in [0.3, 0.4) is 0 Å². The van der Waals surface area contributed by atoms with Gasteiger partial charge in [0.25, 0.3) is 0 Å². The standard InChI is InChI=1S/C11H18O2/c1-7-4-5-9-10(6-7)13-8(2)11(9,3)12/h7,9-10,12H,2,4-6H2,1,3H3/t7-,9-,10-,11?/m1/s1. The minimum absolute atomic E-state index is 0.214. The average molecular weight is 182 g/mol. The predicted octanol–water partition coefficient (Wildman–Crippen LogP) is 2.09. The van der Waals surface area contributed by atoms with Crippen LogP contribution in [-0.2, 0) is 4.74 Å². The number of aliphatic hydroxyl groups is 1. The van der Waals surface area contributed by atoms with Gasteiger partial charge < -0.3 is 9.84 Å². The minimum atomic E-state index is -0.787. The van der Waals surface area contributed by atoms with E-state index in [9.17, 15) is 5.11 Å². The number of hydrogen-bond donors (Lipinski definition) is 1. The maximum atomic E-state index is 10.1. The van der Waals surface area contributed by atoms with Crippen molar-refractivity contribution < 1.29 is 9.84 Å². The van der Waals surface area contributed by atoms with Crippen molar-refractivity contribution in [3.05, 3.63) is 12.3 Å². The third kappa shape index (κ3) is 1.28. The van der Waals surface area contributed by atoms with Gasteiger partial charge in [-0.2, -0.15) is 0 Å². The summed E-state index contributed by atoms with van der Waals surface area (Å²) in [5.74, 6) is 1.57. The normalized spacial score (nSPS) is 50.1. The molecule has 0 radical (unpaired) electrons. The van der Waals surface area contributed by atoms with E-state index in [-0.39, 0.29) is 12.0 Å². The van der Waals surface area contributed by atoms with Gasteiger partial charge in [0.05, 0.1) is 0 Å². The smallest absolute Gasteiger partial charge is 0.124 e.